The maximum Gasteiger partial charge on any atom is 0.251 e. The van der Waals surface area contributed by atoms with Crippen LogP contribution in [0.2, 0.25) is 0 Å². The Hall–Kier alpha value is -2.49. The van der Waals surface area contributed by atoms with Gasteiger partial charge >= 0.3 is 0 Å². The van der Waals surface area contributed by atoms with Gasteiger partial charge < -0.3 is 14.8 Å². The Morgan fingerprint density at radius 1 is 0.917 bits per heavy atom. The van der Waals surface area contributed by atoms with Crippen molar-refractivity contribution in [2.75, 3.05) is 14.2 Å². The third-order valence-electron chi connectivity index (χ3n) is 4.07. The van der Waals surface area contributed by atoms with Crippen LogP contribution >= 0.6 is 0 Å². The molecule has 2 rings (SSSR count). The molecule has 0 aliphatic carbocycles. The number of amides is 1. The summed E-state index contributed by atoms with van der Waals surface area (Å²) in [6.07, 6.45) is 0. The van der Waals surface area contributed by atoms with Gasteiger partial charge in [0.1, 0.15) is 0 Å². The standard InChI is InChI=1S/C20H25NO3/c1-12-7-13(2)9-16(8-12)20(22)21-15(4)17-11-19(24-6)18(23-5)10-14(17)3/h7-11,15H,1-6H3,(H,21,22). The van der Waals surface area contributed by atoms with Gasteiger partial charge in [-0.15, -0.1) is 0 Å². The molecule has 1 amide bonds. The molecule has 0 aliphatic rings. The number of rotatable bonds is 5. The fourth-order valence-electron chi connectivity index (χ4n) is 2.93. The Bertz CT molecular complexity index is 733. The molecule has 0 radical (unpaired) electrons. The lowest BCUT2D eigenvalue weighted by Gasteiger charge is -2.19. The molecule has 1 unspecified atom stereocenters. The van der Waals surface area contributed by atoms with E-state index in [-0.39, 0.29) is 11.9 Å². The van der Waals surface area contributed by atoms with Crippen molar-refractivity contribution in [3.05, 3.63) is 58.1 Å². The van der Waals surface area contributed by atoms with E-state index in [2.05, 4.69) is 11.4 Å². The van der Waals surface area contributed by atoms with Crippen LogP contribution < -0.4 is 14.8 Å². The van der Waals surface area contributed by atoms with E-state index < -0.39 is 0 Å². The minimum absolute atomic E-state index is 0.0801. The summed E-state index contributed by atoms with van der Waals surface area (Å²) in [5.41, 5.74) is 4.88. The molecule has 4 nitrogen and oxygen atoms in total. The summed E-state index contributed by atoms with van der Waals surface area (Å²) < 4.78 is 10.7. The van der Waals surface area contributed by atoms with Crippen LogP contribution in [0.1, 0.15) is 45.6 Å². The summed E-state index contributed by atoms with van der Waals surface area (Å²) in [5, 5.41) is 3.06. The first kappa shape index (κ1) is 17.9. The molecule has 4 heteroatoms. The second-order valence-electron chi connectivity index (χ2n) is 6.14. The monoisotopic (exact) mass is 327 g/mol. The van der Waals surface area contributed by atoms with Gasteiger partial charge in [0.05, 0.1) is 20.3 Å². The highest BCUT2D eigenvalue weighted by Gasteiger charge is 2.17. The van der Waals surface area contributed by atoms with Gasteiger partial charge in [0, 0.05) is 5.56 Å². The van der Waals surface area contributed by atoms with Crippen molar-refractivity contribution in [1.82, 2.24) is 5.32 Å². The third kappa shape index (κ3) is 3.88. The highest BCUT2D eigenvalue weighted by molar-refractivity contribution is 5.94. The molecule has 0 heterocycles. The molecule has 0 saturated heterocycles. The predicted molar refractivity (Wildman–Crippen MR) is 96.1 cm³/mol. The number of nitrogens with one attached hydrogen (secondary N) is 1. The number of carbonyl (C=O) groups excluding carboxylic acids is 1. The molecule has 0 saturated carbocycles. The molecule has 24 heavy (non-hydrogen) atoms. The average molecular weight is 327 g/mol. The summed E-state index contributed by atoms with van der Waals surface area (Å²) >= 11 is 0. The van der Waals surface area contributed by atoms with Crippen LogP contribution in [0, 0.1) is 20.8 Å². The van der Waals surface area contributed by atoms with Crippen LogP contribution in [0.25, 0.3) is 0 Å². The smallest absolute Gasteiger partial charge is 0.251 e. The first-order valence-electron chi connectivity index (χ1n) is 7.97. The Morgan fingerprint density at radius 2 is 1.46 bits per heavy atom. The summed E-state index contributed by atoms with van der Waals surface area (Å²) in [6.45, 7) is 7.95. The van der Waals surface area contributed by atoms with Gasteiger partial charge in [0.15, 0.2) is 11.5 Å². The number of carbonyl (C=O) groups is 1. The third-order valence-corrected chi connectivity index (χ3v) is 4.07. The molecule has 128 valence electrons. The number of benzene rings is 2. The van der Waals surface area contributed by atoms with Gasteiger partial charge in [-0.3, -0.25) is 4.79 Å². The highest BCUT2D eigenvalue weighted by atomic mass is 16.5. The van der Waals surface area contributed by atoms with Crippen molar-refractivity contribution in [1.29, 1.82) is 0 Å². The summed E-state index contributed by atoms with van der Waals surface area (Å²) in [7, 11) is 3.22. The SMILES string of the molecule is COc1cc(C)c(C(C)NC(=O)c2cc(C)cc(C)c2)cc1OC. The van der Waals surface area contributed by atoms with E-state index in [1.807, 2.05) is 52.0 Å². The number of ether oxygens (including phenoxy) is 2. The number of hydrogen-bond acceptors (Lipinski definition) is 3. The molecule has 1 N–H and O–H groups in total. The molecular weight excluding hydrogens is 302 g/mol. The van der Waals surface area contributed by atoms with Crippen LogP contribution in [-0.2, 0) is 0 Å². The van der Waals surface area contributed by atoms with E-state index in [1.54, 1.807) is 14.2 Å². The topological polar surface area (TPSA) is 47.6 Å². The van der Waals surface area contributed by atoms with Gasteiger partial charge in [-0.2, -0.15) is 0 Å². The lowest BCUT2D eigenvalue weighted by Crippen LogP contribution is -2.27. The van der Waals surface area contributed by atoms with Crippen LogP contribution in [0.15, 0.2) is 30.3 Å². The lowest BCUT2D eigenvalue weighted by atomic mass is 10.0. The normalized spacial score (nSPS) is 11.8. The average Bonchev–Trinajstić information content (AvgIpc) is 2.53. The lowest BCUT2D eigenvalue weighted by molar-refractivity contribution is 0.0939. The quantitative estimate of drug-likeness (QED) is 0.898. The van der Waals surface area contributed by atoms with Gasteiger partial charge in [-0.05, 0) is 63.1 Å². The van der Waals surface area contributed by atoms with Gasteiger partial charge in [0.2, 0.25) is 0 Å². The van der Waals surface area contributed by atoms with Crippen molar-refractivity contribution in [3.8, 4) is 11.5 Å². The number of hydrogen-bond donors (Lipinski definition) is 1. The van der Waals surface area contributed by atoms with Gasteiger partial charge in [-0.25, -0.2) is 0 Å². The Labute approximate surface area is 143 Å². The summed E-state index contributed by atoms with van der Waals surface area (Å²) in [5.74, 6) is 1.26. The van der Waals surface area contributed by atoms with E-state index >= 15 is 0 Å². The molecule has 0 bridgehead atoms. The van der Waals surface area contributed by atoms with E-state index in [0.717, 1.165) is 22.3 Å². The minimum Gasteiger partial charge on any atom is -0.493 e. The predicted octanol–water partition coefficient (Wildman–Crippen LogP) is 4.12. The minimum atomic E-state index is -0.141. The molecular formula is C20H25NO3. The largest absolute Gasteiger partial charge is 0.493 e. The van der Waals surface area contributed by atoms with Crippen molar-refractivity contribution in [2.24, 2.45) is 0 Å². The molecule has 2 aromatic rings. The first-order valence-corrected chi connectivity index (χ1v) is 7.97. The maximum absolute atomic E-state index is 12.6. The van der Waals surface area contributed by atoms with Crippen molar-refractivity contribution >= 4 is 5.91 Å². The zero-order valence-electron chi connectivity index (χ0n) is 15.2. The zero-order valence-corrected chi connectivity index (χ0v) is 15.2. The van der Waals surface area contributed by atoms with E-state index in [1.165, 1.54) is 0 Å². The Balaban J connectivity index is 2.26. The van der Waals surface area contributed by atoms with Crippen molar-refractivity contribution in [2.45, 2.75) is 33.7 Å². The van der Waals surface area contributed by atoms with Crippen LogP contribution in [0.3, 0.4) is 0 Å². The summed E-state index contributed by atoms with van der Waals surface area (Å²) in [4.78, 5) is 12.6. The fourth-order valence-corrected chi connectivity index (χ4v) is 2.93. The van der Waals surface area contributed by atoms with Crippen LogP contribution in [-0.4, -0.2) is 20.1 Å². The van der Waals surface area contributed by atoms with Crippen LogP contribution in [0.4, 0.5) is 0 Å². The first-order chi connectivity index (χ1) is 11.3. The number of aryl methyl sites for hydroxylation is 3. The number of methoxy groups -OCH3 is 2. The van der Waals surface area contributed by atoms with Crippen molar-refractivity contribution in [3.63, 3.8) is 0 Å². The molecule has 0 aliphatic heterocycles. The second kappa shape index (κ2) is 7.39. The van der Waals surface area contributed by atoms with E-state index in [0.29, 0.717) is 17.1 Å². The van der Waals surface area contributed by atoms with E-state index in [4.69, 9.17) is 9.47 Å². The highest BCUT2D eigenvalue weighted by Crippen LogP contribution is 2.32. The molecule has 2 aromatic carbocycles. The van der Waals surface area contributed by atoms with E-state index in [9.17, 15) is 4.79 Å². The Kier molecular flexibility index (Phi) is 5.50. The molecule has 0 spiro atoms. The van der Waals surface area contributed by atoms with Gasteiger partial charge in [0.25, 0.3) is 5.91 Å². The zero-order chi connectivity index (χ0) is 17.9. The van der Waals surface area contributed by atoms with Crippen molar-refractivity contribution < 1.29 is 14.3 Å². The Morgan fingerprint density at radius 3 is 2.00 bits per heavy atom. The molecule has 0 aromatic heterocycles. The second-order valence-corrected chi connectivity index (χ2v) is 6.14. The van der Waals surface area contributed by atoms with Crippen LogP contribution in [0.5, 0.6) is 11.5 Å². The van der Waals surface area contributed by atoms with Gasteiger partial charge in [-0.1, -0.05) is 17.2 Å². The molecule has 0 fully saturated rings. The molecule has 1 atom stereocenters. The maximum atomic E-state index is 12.6. The summed E-state index contributed by atoms with van der Waals surface area (Å²) in [6, 6.07) is 9.55. The fraction of sp³-hybridized carbons (Fsp3) is 0.350.